The second kappa shape index (κ2) is 3.93. The van der Waals surface area contributed by atoms with E-state index in [1.807, 2.05) is 0 Å². The molecule has 3 nitrogen and oxygen atoms in total. The number of carbonyl (C=O) groups is 1. The van der Waals surface area contributed by atoms with Gasteiger partial charge in [-0.1, -0.05) is 12.8 Å². The molecule has 0 amide bonds. The van der Waals surface area contributed by atoms with E-state index in [0.29, 0.717) is 6.54 Å². The van der Waals surface area contributed by atoms with Gasteiger partial charge < -0.3 is 5.11 Å². The van der Waals surface area contributed by atoms with Gasteiger partial charge in [-0.2, -0.15) is 0 Å². The van der Waals surface area contributed by atoms with E-state index >= 15 is 0 Å². The molecule has 0 spiro atoms. The lowest BCUT2D eigenvalue weighted by atomic mass is 10.3. The van der Waals surface area contributed by atoms with Gasteiger partial charge in [0.2, 0.25) is 0 Å². The van der Waals surface area contributed by atoms with Crippen molar-refractivity contribution in [2.24, 2.45) is 0 Å². The van der Waals surface area contributed by atoms with Crippen LogP contribution in [0.2, 0.25) is 0 Å². The Morgan fingerprint density at radius 1 is 2.00 bits per heavy atom. The first kappa shape index (κ1) is 7.99. The van der Waals surface area contributed by atoms with Crippen molar-refractivity contribution < 1.29 is 9.90 Å². The van der Waals surface area contributed by atoms with Crippen molar-refractivity contribution in [2.45, 2.75) is 13.0 Å². The molecule has 0 aliphatic rings. The number of rotatable bonds is 3. The van der Waals surface area contributed by atoms with E-state index in [-0.39, 0.29) is 0 Å². The highest BCUT2D eigenvalue weighted by Gasteiger charge is 2.10. The third-order valence-corrected chi connectivity index (χ3v) is 0.822. The minimum atomic E-state index is -1.00. The van der Waals surface area contributed by atoms with Crippen LogP contribution in [0.3, 0.4) is 0 Å². The van der Waals surface area contributed by atoms with Crippen molar-refractivity contribution in [1.29, 1.82) is 0 Å². The van der Waals surface area contributed by atoms with Crippen LogP contribution in [-0.2, 0) is 4.79 Å². The molecule has 1 unspecified atom stereocenters. The second-order valence-corrected chi connectivity index (χ2v) is 1.50. The molecule has 0 aromatic rings. The van der Waals surface area contributed by atoms with Crippen molar-refractivity contribution in [2.75, 3.05) is 6.54 Å². The molecule has 0 rings (SSSR count). The van der Waals surface area contributed by atoms with E-state index in [2.05, 4.69) is 11.2 Å². The van der Waals surface area contributed by atoms with Gasteiger partial charge >= 0.3 is 5.97 Å². The fraction of sp³-hybridized carbons (Fsp3) is 0.500. The van der Waals surface area contributed by atoms with E-state index in [9.17, 15) is 4.79 Å². The van der Waals surface area contributed by atoms with Gasteiger partial charge in [-0.25, -0.2) is 4.79 Å². The number of carboxylic acid groups (broad SMARTS) is 1. The van der Waals surface area contributed by atoms with Gasteiger partial charge in [-0.3, -0.25) is 5.32 Å². The Labute approximate surface area is 54.1 Å². The summed E-state index contributed by atoms with van der Waals surface area (Å²) in [5, 5.41) is 10.9. The summed E-state index contributed by atoms with van der Waals surface area (Å²) >= 11 is 0. The average Bonchev–Trinajstić information content (AvgIpc) is 1.82. The third kappa shape index (κ3) is 2.73. The molecular formula is C6H9NO2. The smallest absolute Gasteiger partial charge is 0.333 e. The number of terminal acetylenes is 1. The minimum absolute atomic E-state index is 0.571. The molecule has 0 saturated heterocycles. The summed E-state index contributed by atoms with van der Waals surface area (Å²) in [6.07, 6.45) is 4.87. The molecule has 0 heterocycles. The van der Waals surface area contributed by atoms with Crippen molar-refractivity contribution in [3.8, 4) is 12.3 Å². The Morgan fingerprint density at radius 3 is 2.67 bits per heavy atom. The van der Waals surface area contributed by atoms with Gasteiger partial charge in [-0.15, -0.1) is 6.42 Å². The lowest BCUT2D eigenvalue weighted by molar-refractivity contribution is -0.137. The molecule has 1 atom stereocenters. The van der Waals surface area contributed by atoms with E-state index in [1.165, 1.54) is 0 Å². The number of likely N-dealkylation sites (N-methyl/N-ethyl adjacent to an activating group) is 1. The van der Waals surface area contributed by atoms with Crippen LogP contribution in [0.1, 0.15) is 6.92 Å². The molecule has 0 fully saturated rings. The highest BCUT2D eigenvalue weighted by Crippen LogP contribution is 1.77. The predicted octanol–water partition coefficient (Wildman–Crippen LogP) is -0.318. The fourth-order valence-corrected chi connectivity index (χ4v) is 0.422. The molecule has 0 bridgehead atoms. The first-order valence-electron chi connectivity index (χ1n) is 2.64. The Balaban J connectivity index is 3.72. The predicted molar refractivity (Wildman–Crippen MR) is 33.9 cm³/mol. The summed E-state index contributed by atoms with van der Waals surface area (Å²) in [4.78, 5) is 10.1. The van der Waals surface area contributed by atoms with Crippen LogP contribution in [0.15, 0.2) is 0 Å². The maximum absolute atomic E-state index is 10.1. The van der Waals surface area contributed by atoms with Crippen LogP contribution >= 0.6 is 0 Å². The molecule has 0 aromatic carbocycles. The summed E-state index contributed by atoms with van der Waals surface area (Å²) < 4.78 is 0. The maximum atomic E-state index is 10.1. The van der Waals surface area contributed by atoms with E-state index in [1.54, 1.807) is 6.92 Å². The first-order chi connectivity index (χ1) is 4.22. The van der Waals surface area contributed by atoms with Crippen molar-refractivity contribution in [3.63, 3.8) is 0 Å². The molecule has 0 saturated carbocycles. The Bertz CT molecular complexity index is 136. The molecule has 50 valence electrons. The topological polar surface area (TPSA) is 49.3 Å². The Kier molecular flexibility index (Phi) is 3.49. The molecule has 3 heteroatoms. The quantitative estimate of drug-likeness (QED) is 0.511. The first-order valence-corrected chi connectivity index (χ1v) is 2.64. The van der Waals surface area contributed by atoms with Gasteiger partial charge in [0.15, 0.2) is 6.04 Å². The summed E-state index contributed by atoms with van der Waals surface area (Å²) in [7, 11) is 0. The summed E-state index contributed by atoms with van der Waals surface area (Å²) in [6, 6.07) is -0.838. The zero-order chi connectivity index (χ0) is 7.28. The van der Waals surface area contributed by atoms with Gasteiger partial charge in [-0.05, 0) is 6.54 Å². The Morgan fingerprint density at radius 2 is 2.56 bits per heavy atom. The van der Waals surface area contributed by atoms with E-state index < -0.39 is 12.0 Å². The average molecular weight is 127 g/mol. The molecule has 9 heavy (non-hydrogen) atoms. The van der Waals surface area contributed by atoms with E-state index in [4.69, 9.17) is 11.5 Å². The van der Waals surface area contributed by atoms with Gasteiger partial charge in [0.1, 0.15) is 0 Å². The molecule has 0 aromatic heterocycles. The van der Waals surface area contributed by atoms with Crippen LogP contribution in [0.25, 0.3) is 0 Å². The third-order valence-electron chi connectivity index (χ3n) is 0.822. The lowest BCUT2D eigenvalue weighted by Gasteiger charge is -2.03. The number of hydrogen-bond acceptors (Lipinski definition) is 2. The monoisotopic (exact) mass is 127 g/mol. The normalized spacial score (nSPS) is 12.0. The zero-order valence-electron chi connectivity index (χ0n) is 5.22. The summed E-state index contributed by atoms with van der Waals surface area (Å²) in [5.74, 6) is 1.09. The van der Waals surface area contributed by atoms with Gasteiger partial charge in [0.25, 0.3) is 0 Å². The number of aliphatic carboxylic acids is 1. The van der Waals surface area contributed by atoms with E-state index in [0.717, 1.165) is 0 Å². The summed E-state index contributed by atoms with van der Waals surface area (Å²) in [6.45, 7) is 2.37. The number of nitrogens with one attached hydrogen (secondary N) is 1. The lowest BCUT2D eigenvalue weighted by Crippen LogP contribution is -2.34. The van der Waals surface area contributed by atoms with Crippen LogP contribution in [0, 0.1) is 12.3 Å². The second-order valence-electron chi connectivity index (χ2n) is 1.50. The van der Waals surface area contributed by atoms with Crippen LogP contribution in [0.4, 0.5) is 0 Å². The van der Waals surface area contributed by atoms with Crippen LogP contribution in [0.5, 0.6) is 0 Å². The molecule has 0 aliphatic heterocycles. The summed E-state index contributed by atoms with van der Waals surface area (Å²) in [5.41, 5.74) is 0. The number of hydrogen-bond donors (Lipinski definition) is 2. The SMILES string of the molecule is C#CC(NCC)C(=O)O. The largest absolute Gasteiger partial charge is 0.479 e. The van der Waals surface area contributed by atoms with Crippen LogP contribution < -0.4 is 5.32 Å². The highest BCUT2D eigenvalue weighted by atomic mass is 16.4. The number of carboxylic acids is 1. The zero-order valence-corrected chi connectivity index (χ0v) is 5.22. The standard InChI is InChI=1S/C6H9NO2/c1-3-5(6(8)9)7-4-2/h1,5,7H,4H2,2H3,(H,8,9). The fourth-order valence-electron chi connectivity index (χ4n) is 0.422. The molecular weight excluding hydrogens is 118 g/mol. The molecule has 0 radical (unpaired) electrons. The van der Waals surface area contributed by atoms with Crippen LogP contribution in [-0.4, -0.2) is 23.7 Å². The Hall–Kier alpha value is -1.01. The maximum Gasteiger partial charge on any atom is 0.333 e. The van der Waals surface area contributed by atoms with Gasteiger partial charge in [0.05, 0.1) is 0 Å². The highest BCUT2D eigenvalue weighted by molar-refractivity contribution is 5.77. The van der Waals surface area contributed by atoms with Gasteiger partial charge in [0, 0.05) is 0 Å². The minimum Gasteiger partial charge on any atom is -0.479 e. The van der Waals surface area contributed by atoms with Crippen molar-refractivity contribution >= 4 is 5.97 Å². The molecule has 2 N–H and O–H groups in total. The van der Waals surface area contributed by atoms with Crippen molar-refractivity contribution in [1.82, 2.24) is 5.32 Å². The molecule has 0 aliphatic carbocycles. The van der Waals surface area contributed by atoms with Crippen molar-refractivity contribution in [3.05, 3.63) is 0 Å².